The average molecular weight is 241 g/mol. The largest absolute Gasteiger partial charge is 0.313 e. The Morgan fingerprint density at radius 2 is 1.83 bits per heavy atom. The second-order valence-corrected chi connectivity index (χ2v) is 4.39. The van der Waals surface area contributed by atoms with Crippen LogP contribution in [0.1, 0.15) is 30.0 Å². The van der Waals surface area contributed by atoms with Gasteiger partial charge >= 0.3 is 0 Å². The number of aryl methyl sites for hydroxylation is 1. The van der Waals surface area contributed by atoms with Crippen molar-refractivity contribution in [3.63, 3.8) is 0 Å². The van der Waals surface area contributed by atoms with Crippen LogP contribution >= 0.6 is 0 Å². The van der Waals surface area contributed by atoms with E-state index in [1.807, 2.05) is 19.4 Å². The Kier molecular flexibility index (Phi) is 4.85. The summed E-state index contributed by atoms with van der Waals surface area (Å²) in [5, 5.41) is 3.32. The van der Waals surface area contributed by atoms with E-state index >= 15 is 0 Å². The van der Waals surface area contributed by atoms with Gasteiger partial charge in [0.2, 0.25) is 0 Å². The Morgan fingerprint density at radius 3 is 2.50 bits per heavy atom. The van der Waals surface area contributed by atoms with Gasteiger partial charge in [0, 0.05) is 24.0 Å². The van der Waals surface area contributed by atoms with E-state index < -0.39 is 0 Å². The molecule has 0 saturated heterocycles. The molecule has 0 bridgehead atoms. The van der Waals surface area contributed by atoms with Crippen LogP contribution in [0, 0.1) is 0 Å². The SMILES string of the molecule is CNC(CCCc1ccccc1)c1cncnc1. The summed E-state index contributed by atoms with van der Waals surface area (Å²) < 4.78 is 0. The van der Waals surface area contributed by atoms with Crippen LogP contribution in [0.5, 0.6) is 0 Å². The Morgan fingerprint density at radius 1 is 1.11 bits per heavy atom. The van der Waals surface area contributed by atoms with Crippen molar-refractivity contribution in [1.82, 2.24) is 15.3 Å². The van der Waals surface area contributed by atoms with E-state index in [4.69, 9.17) is 0 Å². The Bertz CT molecular complexity index is 442. The van der Waals surface area contributed by atoms with Gasteiger partial charge in [-0.15, -0.1) is 0 Å². The summed E-state index contributed by atoms with van der Waals surface area (Å²) in [6.45, 7) is 0. The number of benzene rings is 1. The van der Waals surface area contributed by atoms with E-state index in [-0.39, 0.29) is 0 Å². The predicted molar refractivity (Wildman–Crippen MR) is 73.2 cm³/mol. The molecule has 2 aromatic rings. The van der Waals surface area contributed by atoms with Gasteiger partial charge in [-0.3, -0.25) is 0 Å². The summed E-state index contributed by atoms with van der Waals surface area (Å²) in [5.41, 5.74) is 2.56. The molecule has 0 spiro atoms. The van der Waals surface area contributed by atoms with Crippen LogP contribution in [0.4, 0.5) is 0 Å². The zero-order valence-electron chi connectivity index (χ0n) is 10.7. The monoisotopic (exact) mass is 241 g/mol. The van der Waals surface area contributed by atoms with Gasteiger partial charge in [0.25, 0.3) is 0 Å². The van der Waals surface area contributed by atoms with Crippen LogP contribution in [0.25, 0.3) is 0 Å². The zero-order valence-corrected chi connectivity index (χ0v) is 10.7. The summed E-state index contributed by atoms with van der Waals surface area (Å²) in [6, 6.07) is 10.9. The minimum Gasteiger partial charge on any atom is -0.313 e. The highest BCUT2D eigenvalue weighted by molar-refractivity contribution is 5.15. The molecular weight excluding hydrogens is 222 g/mol. The van der Waals surface area contributed by atoms with Crippen LogP contribution in [0.2, 0.25) is 0 Å². The lowest BCUT2D eigenvalue weighted by molar-refractivity contribution is 0.524. The van der Waals surface area contributed by atoms with E-state index in [0.29, 0.717) is 6.04 Å². The molecule has 2 rings (SSSR count). The van der Waals surface area contributed by atoms with E-state index in [2.05, 4.69) is 45.6 Å². The zero-order chi connectivity index (χ0) is 12.6. The van der Waals surface area contributed by atoms with Gasteiger partial charge in [-0.1, -0.05) is 30.3 Å². The van der Waals surface area contributed by atoms with E-state index in [1.165, 1.54) is 5.56 Å². The molecule has 94 valence electrons. The Labute approximate surface area is 108 Å². The number of hydrogen-bond donors (Lipinski definition) is 1. The average Bonchev–Trinajstić information content (AvgIpc) is 2.46. The fraction of sp³-hybridized carbons (Fsp3) is 0.333. The maximum Gasteiger partial charge on any atom is 0.115 e. The molecule has 1 N–H and O–H groups in total. The molecule has 0 fully saturated rings. The molecule has 1 aromatic heterocycles. The summed E-state index contributed by atoms with van der Waals surface area (Å²) in [5.74, 6) is 0. The second-order valence-electron chi connectivity index (χ2n) is 4.39. The van der Waals surface area contributed by atoms with Crippen molar-refractivity contribution >= 4 is 0 Å². The summed E-state index contributed by atoms with van der Waals surface area (Å²) in [7, 11) is 1.99. The molecule has 0 aliphatic heterocycles. The summed E-state index contributed by atoms with van der Waals surface area (Å²) in [6.07, 6.45) is 8.71. The van der Waals surface area contributed by atoms with Crippen molar-refractivity contribution in [2.75, 3.05) is 7.05 Å². The van der Waals surface area contributed by atoms with Gasteiger partial charge in [0.15, 0.2) is 0 Å². The quantitative estimate of drug-likeness (QED) is 0.845. The maximum absolute atomic E-state index is 4.07. The van der Waals surface area contributed by atoms with Crippen LogP contribution in [0.15, 0.2) is 49.1 Å². The number of aromatic nitrogens is 2. The second kappa shape index (κ2) is 6.87. The fourth-order valence-corrected chi connectivity index (χ4v) is 2.12. The van der Waals surface area contributed by atoms with Crippen molar-refractivity contribution in [3.05, 3.63) is 60.2 Å². The van der Waals surface area contributed by atoms with Crippen molar-refractivity contribution in [3.8, 4) is 0 Å². The molecule has 0 radical (unpaired) electrons. The van der Waals surface area contributed by atoms with Crippen LogP contribution in [0.3, 0.4) is 0 Å². The smallest absolute Gasteiger partial charge is 0.115 e. The van der Waals surface area contributed by atoms with Crippen LogP contribution < -0.4 is 5.32 Å². The minimum absolute atomic E-state index is 0.343. The van der Waals surface area contributed by atoms with Crippen molar-refractivity contribution < 1.29 is 0 Å². The predicted octanol–water partition coefficient (Wildman–Crippen LogP) is 2.76. The third-order valence-corrected chi connectivity index (χ3v) is 3.13. The third-order valence-electron chi connectivity index (χ3n) is 3.13. The first kappa shape index (κ1) is 12.7. The Hall–Kier alpha value is -1.74. The molecule has 1 unspecified atom stereocenters. The number of nitrogens with one attached hydrogen (secondary N) is 1. The van der Waals surface area contributed by atoms with E-state index in [9.17, 15) is 0 Å². The van der Waals surface area contributed by atoms with Crippen LogP contribution in [-0.2, 0) is 6.42 Å². The van der Waals surface area contributed by atoms with Crippen LogP contribution in [-0.4, -0.2) is 17.0 Å². The molecule has 1 aromatic carbocycles. The molecular formula is C15H19N3. The summed E-state index contributed by atoms with van der Waals surface area (Å²) in [4.78, 5) is 8.14. The molecule has 0 aliphatic rings. The first-order valence-electron chi connectivity index (χ1n) is 6.36. The first-order valence-corrected chi connectivity index (χ1v) is 6.36. The molecule has 3 nitrogen and oxygen atoms in total. The van der Waals surface area contributed by atoms with E-state index in [1.54, 1.807) is 6.33 Å². The lowest BCUT2D eigenvalue weighted by atomic mass is 10.0. The van der Waals surface area contributed by atoms with Gasteiger partial charge < -0.3 is 5.32 Å². The standard InChI is InChI=1S/C15H19N3/c1-16-15(14-10-17-12-18-11-14)9-5-8-13-6-3-2-4-7-13/h2-4,6-7,10-12,15-16H,5,8-9H2,1H3. The van der Waals surface area contributed by atoms with Crippen molar-refractivity contribution in [1.29, 1.82) is 0 Å². The molecule has 0 aliphatic carbocycles. The van der Waals surface area contributed by atoms with Gasteiger partial charge in [-0.25, -0.2) is 9.97 Å². The molecule has 1 heterocycles. The Balaban J connectivity index is 1.85. The minimum atomic E-state index is 0.343. The number of nitrogens with zero attached hydrogens (tertiary/aromatic N) is 2. The lowest BCUT2D eigenvalue weighted by Gasteiger charge is -2.15. The van der Waals surface area contributed by atoms with E-state index in [0.717, 1.165) is 24.8 Å². The highest BCUT2D eigenvalue weighted by atomic mass is 14.9. The summed E-state index contributed by atoms with van der Waals surface area (Å²) >= 11 is 0. The lowest BCUT2D eigenvalue weighted by Crippen LogP contribution is -2.16. The number of rotatable bonds is 6. The van der Waals surface area contributed by atoms with Gasteiger partial charge in [-0.2, -0.15) is 0 Å². The topological polar surface area (TPSA) is 37.8 Å². The molecule has 0 saturated carbocycles. The van der Waals surface area contributed by atoms with Crippen molar-refractivity contribution in [2.45, 2.75) is 25.3 Å². The van der Waals surface area contributed by atoms with Crippen molar-refractivity contribution in [2.24, 2.45) is 0 Å². The normalized spacial score (nSPS) is 12.3. The van der Waals surface area contributed by atoms with Gasteiger partial charge in [-0.05, 0) is 31.9 Å². The molecule has 3 heteroatoms. The maximum atomic E-state index is 4.07. The molecule has 18 heavy (non-hydrogen) atoms. The molecule has 1 atom stereocenters. The fourth-order valence-electron chi connectivity index (χ4n) is 2.12. The molecule has 0 amide bonds. The van der Waals surface area contributed by atoms with Gasteiger partial charge in [0.05, 0.1) is 0 Å². The first-order chi connectivity index (χ1) is 8.90. The highest BCUT2D eigenvalue weighted by Gasteiger charge is 2.08. The van der Waals surface area contributed by atoms with Gasteiger partial charge in [0.1, 0.15) is 6.33 Å². The third kappa shape index (κ3) is 3.64. The highest BCUT2D eigenvalue weighted by Crippen LogP contribution is 2.17. The number of hydrogen-bond acceptors (Lipinski definition) is 3.